The highest BCUT2D eigenvalue weighted by atomic mass is 79.9. The monoisotopic (exact) mass is 817 g/mol. The van der Waals surface area contributed by atoms with Crippen molar-refractivity contribution in [3.63, 3.8) is 0 Å². The molecule has 17 heteroatoms. The van der Waals surface area contributed by atoms with Crippen LogP contribution in [0, 0.1) is 5.82 Å². The standard InChI is InChI=1S/C35H46BrFN9O4PS/c1-6-23-19-27(30(50-2)21-29(23)46-11-7-24(8-12-46)45-15-13-44(14-16-45)17-18-52(5,48)49)42-35-40-22-25(36)34(43-35)41-28-20-26(37)31-32(39-10-9-38-31)33(28)51(3,4)47/h9-10,19-22,24H,6-8,11-18H2,1-5H3,(H2,40,41,42,43). The van der Waals surface area contributed by atoms with Crippen molar-refractivity contribution < 1.29 is 22.1 Å². The Morgan fingerprint density at radius 3 is 2.31 bits per heavy atom. The minimum atomic E-state index is -2.95. The lowest BCUT2D eigenvalue weighted by Gasteiger charge is -2.43. The molecule has 2 aliphatic heterocycles. The fourth-order valence-corrected chi connectivity index (χ4v) is 9.31. The van der Waals surface area contributed by atoms with Crippen LogP contribution in [0.2, 0.25) is 0 Å². The van der Waals surface area contributed by atoms with Crippen LogP contribution >= 0.6 is 23.1 Å². The topological polar surface area (TPSA) is 146 Å². The molecule has 2 fully saturated rings. The number of aromatic nitrogens is 4. The number of methoxy groups -OCH3 is 1. The summed E-state index contributed by atoms with van der Waals surface area (Å²) in [5.74, 6) is 0.908. The molecule has 0 radical (unpaired) electrons. The van der Waals surface area contributed by atoms with Gasteiger partial charge in [0.05, 0.1) is 34.0 Å². The maximum absolute atomic E-state index is 15.2. The zero-order valence-corrected chi connectivity index (χ0v) is 33.5. The highest BCUT2D eigenvalue weighted by Crippen LogP contribution is 2.42. The summed E-state index contributed by atoms with van der Waals surface area (Å²) in [7, 11) is -4.26. The molecular weight excluding hydrogens is 772 g/mol. The normalized spacial score (nSPS) is 16.7. The van der Waals surface area contributed by atoms with Crippen LogP contribution < -0.4 is 25.6 Å². The van der Waals surface area contributed by atoms with Crippen molar-refractivity contribution in [2.45, 2.75) is 32.2 Å². The highest BCUT2D eigenvalue weighted by molar-refractivity contribution is 9.10. The van der Waals surface area contributed by atoms with Gasteiger partial charge in [-0.15, -0.1) is 0 Å². The summed E-state index contributed by atoms with van der Waals surface area (Å²) in [5, 5.41) is 6.87. The molecule has 0 amide bonds. The van der Waals surface area contributed by atoms with E-state index in [0.717, 1.165) is 69.8 Å². The zero-order chi connectivity index (χ0) is 37.2. The molecule has 4 aromatic rings. The lowest BCUT2D eigenvalue weighted by atomic mass is 9.99. The second-order valence-electron chi connectivity index (χ2n) is 13.8. The van der Waals surface area contributed by atoms with Crippen LogP contribution in [0.1, 0.15) is 25.3 Å². The number of hydrogen-bond donors (Lipinski definition) is 2. The number of sulfone groups is 1. The van der Waals surface area contributed by atoms with Crippen molar-refractivity contribution in [3.8, 4) is 5.75 Å². The van der Waals surface area contributed by atoms with E-state index >= 15 is 4.39 Å². The number of ether oxygens (including phenoxy) is 1. The summed E-state index contributed by atoms with van der Waals surface area (Å²) >= 11 is 3.50. The Bertz CT molecular complexity index is 2090. The molecule has 0 spiro atoms. The third-order valence-electron chi connectivity index (χ3n) is 9.75. The molecule has 2 N–H and O–H groups in total. The summed E-state index contributed by atoms with van der Waals surface area (Å²) in [6.07, 6.45) is 8.67. The fraction of sp³-hybridized carbons (Fsp3) is 0.486. The van der Waals surface area contributed by atoms with Crippen LogP contribution in [0.3, 0.4) is 0 Å². The summed E-state index contributed by atoms with van der Waals surface area (Å²) in [5.41, 5.74) is 3.60. The van der Waals surface area contributed by atoms with Gasteiger partial charge in [-0.05, 0) is 60.2 Å². The first-order valence-electron chi connectivity index (χ1n) is 17.4. The van der Waals surface area contributed by atoms with Crippen LogP contribution in [-0.2, 0) is 20.8 Å². The molecule has 280 valence electrons. The zero-order valence-electron chi connectivity index (χ0n) is 30.2. The number of rotatable bonds is 12. The first-order valence-corrected chi connectivity index (χ1v) is 22.8. The average Bonchev–Trinajstić information content (AvgIpc) is 3.11. The Hall–Kier alpha value is -3.43. The molecule has 0 bridgehead atoms. The molecule has 13 nitrogen and oxygen atoms in total. The summed E-state index contributed by atoms with van der Waals surface area (Å²) in [6.45, 7) is 11.5. The van der Waals surface area contributed by atoms with Gasteiger partial charge in [0.15, 0.2) is 5.82 Å². The molecular formula is C35H46BrFN9O4PS. The van der Waals surface area contributed by atoms with Crippen LogP contribution in [0.4, 0.5) is 33.2 Å². The molecule has 52 heavy (non-hydrogen) atoms. The number of halogens is 2. The second-order valence-corrected chi connectivity index (χ2v) is 20.0. The number of nitrogens with zero attached hydrogens (tertiary/aromatic N) is 7. The molecule has 2 aliphatic rings. The third kappa shape index (κ3) is 8.84. The van der Waals surface area contributed by atoms with E-state index in [4.69, 9.17) is 4.74 Å². The molecule has 6 rings (SSSR count). The van der Waals surface area contributed by atoms with E-state index in [0.29, 0.717) is 39.6 Å². The van der Waals surface area contributed by atoms with Gasteiger partial charge >= 0.3 is 0 Å². The molecule has 0 unspecified atom stereocenters. The molecule has 2 saturated heterocycles. The van der Waals surface area contributed by atoms with E-state index in [1.807, 2.05) is 0 Å². The van der Waals surface area contributed by atoms with Crippen LogP contribution in [0.15, 0.2) is 41.3 Å². The maximum atomic E-state index is 15.2. The summed E-state index contributed by atoms with van der Waals surface area (Å²) in [6, 6.07) is 5.94. The van der Waals surface area contributed by atoms with Crippen molar-refractivity contribution >= 4 is 78.1 Å². The molecule has 0 atom stereocenters. The Morgan fingerprint density at radius 1 is 0.981 bits per heavy atom. The number of nitrogens with one attached hydrogen (secondary N) is 2. The van der Waals surface area contributed by atoms with E-state index < -0.39 is 22.8 Å². The van der Waals surface area contributed by atoms with E-state index in [-0.39, 0.29) is 28.4 Å². The first-order chi connectivity index (χ1) is 24.7. The number of hydrogen-bond acceptors (Lipinski definition) is 13. The highest BCUT2D eigenvalue weighted by Gasteiger charge is 2.29. The number of anilines is 5. The van der Waals surface area contributed by atoms with Crippen molar-refractivity contribution in [2.75, 3.05) is 93.8 Å². The lowest BCUT2D eigenvalue weighted by molar-refractivity contribution is 0.0882. The van der Waals surface area contributed by atoms with Gasteiger partial charge in [-0.1, -0.05) is 6.92 Å². The SMILES string of the molecule is CCc1cc(Nc2ncc(Br)c(Nc3cc(F)c4nccnc4c3P(C)(C)=O)n2)c(OC)cc1N1CCC(N2CCN(CCS(C)(=O)=O)CC2)CC1. The van der Waals surface area contributed by atoms with Gasteiger partial charge in [0.2, 0.25) is 5.95 Å². The van der Waals surface area contributed by atoms with Gasteiger partial charge in [-0.3, -0.25) is 14.8 Å². The predicted molar refractivity (Wildman–Crippen MR) is 210 cm³/mol. The summed E-state index contributed by atoms with van der Waals surface area (Å²) < 4.78 is 58.2. The number of benzene rings is 2. The van der Waals surface area contributed by atoms with E-state index in [1.165, 1.54) is 24.7 Å². The van der Waals surface area contributed by atoms with Crippen LogP contribution in [-0.4, -0.2) is 122 Å². The second kappa shape index (κ2) is 15.9. The molecule has 4 heterocycles. The van der Waals surface area contributed by atoms with Crippen molar-refractivity contribution in [1.29, 1.82) is 0 Å². The largest absolute Gasteiger partial charge is 0.494 e. The number of piperazine rings is 1. The maximum Gasteiger partial charge on any atom is 0.229 e. The molecule has 2 aromatic carbocycles. The Balaban J connectivity index is 1.16. The van der Waals surface area contributed by atoms with Gasteiger partial charge < -0.3 is 24.8 Å². The van der Waals surface area contributed by atoms with Crippen LogP contribution in [0.25, 0.3) is 11.0 Å². The van der Waals surface area contributed by atoms with Crippen molar-refractivity contribution in [2.24, 2.45) is 0 Å². The molecule has 0 aliphatic carbocycles. The van der Waals surface area contributed by atoms with E-state index in [9.17, 15) is 13.0 Å². The Labute approximate surface area is 313 Å². The van der Waals surface area contributed by atoms with E-state index in [2.05, 4.69) is 80.3 Å². The minimum Gasteiger partial charge on any atom is -0.494 e. The number of piperidine rings is 1. The predicted octanol–water partition coefficient (Wildman–Crippen LogP) is 5.26. The van der Waals surface area contributed by atoms with Gasteiger partial charge in [0.1, 0.15) is 39.6 Å². The smallest absolute Gasteiger partial charge is 0.229 e. The minimum absolute atomic E-state index is 0.0570. The van der Waals surface area contributed by atoms with Gasteiger partial charge in [0, 0.05) is 94.5 Å². The summed E-state index contributed by atoms with van der Waals surface area (Å²) in [4.78, 5) is 24.9. The van der Waals surface area contributed by atoms with Gasteiger partial charge in [0.25, 0.3) is 0 Å². The van der Waals surface area contributed by atoms with Crippen LogP contribution in [0.5, 0.6) is 5.75 Å². The molecule has 2 aromatic heterocycles. The third-order valence-corrected chi connectivity index (χ3v) is 12.8. The quantitative estimate of drug-likeness (QED) is 0.180. The van der Waals surface area contributed by atoms with Gasteiger partial charge in [-0.25, -0.2) is 22.8 Å². The van der Waals surface area contributed by atoms with E-state index in [1.54, 1.807) is 26.6 Å². The van der Waals surface area contributed by atoms with Crippen molar-refractivity contribution in [1.82, 2.24) is 29.7 Å². The molecule has 0 saturated carbocycles. The fourth-order valence-electron chi connectivity index (χ4n) is 7.06. The Morgan fingerprint density at radius 2 is 1.67 bits per heavy atom. The first kappa shape index (κ1) is 38.3. The average molecular weight is 819 g/mol. The van der Waals surface area contributed by atoms with Gasteiger partial charge in [-0.2, -0.15) is 4.98 Å². The number of fused-ring (bicyclic) bond motifs is 1. The van der Waals surface area contributed by atoms with Crippen molar-refractivity contribution in [3.05, 3.63) is 52.6 Å². The Kier molecular flexibility index (Phi) is 11.7. The number of aryl methyl sites for hydroxylation is 1. The lowest BCUT2D eigenvalue weighted by Crippen LogP contribution is -2.53.